The zero-order valence-corrected chi connectivity index (χ0v) is 6.45. The molecular formula is C6H12N2S. The van der Waals surface area contributed by atoms with Crippen molar-refractivity contribution in [2.45, 2.75) is 19.4 Å². The van der Waals surface area contributed by atoms with Gasteiger partial charge in [-0.05, 0) is 6.42 Å². The molecular weight excluding hydrogens is 132 g/mol. The Hall–Kier alpha value is -0.180. The van der Waals surface area contributed by atoms with Gasteiger partial charge in [-0.25, -0.2) is 0 Å². The molecule has 1 rings (SSSR count). The molecule has 0 aromatic rings. The lowest BCUT2D eigenvalue weighted by molar-refractivity contribution is 0.721. The fourth-order valence-electron chi connectivity index (χ4n) is 0.818. The van der Waals surface area contributed by atoms with Gasteiger partial charge in [0.15, 0.2) is 0 Å². The molecule has 0 aliphatic carbocycles. The molecule has 9 heavy (non-hydrogen) atoms. The third-order valence-electron chi connectivity index (χ3n) is 1.38. The molecule has 0 radical (unpaired) electrons. The number of rotatable bonds is 1. The van der Waals surface area contributed by atoms with Gasteiger partial charge < -0.3 is 5.73 Å². The van der Waals surface area contributed by atoms with E-state index in [1.165, 1.54) is 0 Å². The van der Waals surface area contributed by atoms with Crippen LogP contribution in [0.4, 0.5) is 0 Å². The van der Waals surface area contributed by atoms with Crippen molar-refractivity contribution < 1.29 is 0 Å². The van der Waals surface area contributed by atoms with Gasteiger partial charge in [0.1, 0.15) is 5.84 Å². The summed E-state index contributed by atoms with van der Waals surface area (Å²) in [6.45, 7) is 2.15. The summed E-state index contributed by atoms with van der Waals surface area (Å²) in [4.78, 5) is 4.27. The standard InChI is InChI=1S/C6H12N2S/c1-2-5-3-9-4-6(7)8-5/h5H,2-4H2,1H3,(H2,7,8). The topological polar surface area (TPSA) is 38.4 Å². The van der Waals surface area contributed by atoms with Crippen LogP contribution in [0.1, 0.15) is 13.3 Å². The van der Waals surface area contributed by atoms with Crippen LogP contribution in [0.5, 0.6) is 0 Å². The van der Waals surface area contributed by atoms with E-state index >= 15 is 0 Å². The average molecular weight is 144 g/mol. The molecule has 1 unspecified atom stereocenters. The Labute approximate surface area is 59.9 Å². The third kappa shape index (κ3) is 1.90. The molecule has 0 amide bonds. The van der Waals surface area contributed by atoms with Crippen molar-refractivity contribution >= 4 is 17.6 Å². The van der Waals surface area contributed by atoms with Crippen molar-refractivity contribution in [3.8, 4) is 0 Å². The number of aliphatic imine (C=N–C) groups is 1. The molecule has 1 heterocycles. The van der Waals surface area contributed by atoms with Crippen molar-refractivity contribution in [1.82, 2.24) is 0 Å². The van der Waals surface area contributed by atoms with E-state index in [9.17, 15) is 0 Å². The van der Waals surface area contributed by atoms with E-state index in [2.05, 4.69) is 11.9 Å². The zero-order valence-electron chi connectivity index (χ0n) is 5.63. The van der Waals surface area contributed by atoms with Gasteiger partial charge in [0.05, 0.1) is 11.8 Å². The Morgan fingerprint density at radius 2 is 2.67 bits per heavy atom. The molecule has 0 aromatic carbocycles. The number of hydrogen-bond acceptors (Lipinski definition) is 3. The van der Waals surface area contributed by atoms with E-state index in [1.54, 1.807) is 0 Å². The van der Waals surface area contributed by atoms with Gasteiger partial charge in [-0.3, -0.25) is 4.99 Å². The Bertz CT molecular complexity index is 122. The first-order valence-corrected chi connectivity index (χ1v) is 4.38. The Morgan fingerprint density at radius 3 is 3.11 bits per heavy atom. The molecule has 0 aromatic heterocycles. The van der Waals surface area contributed by atoms with Crippen molar-refractivity contribution in [2.24, 2.45) is 10.7 Å². The molecule has 0 fully saturated rings. The lowest BCUT2D eigenvalue weighted by Crippen LogP contribution is -2.25. The summed E-state index contributed by atoms with van der Waals surface area (Å²) in [6.07, 6.45) is 1.12. The van der Waals surface area contributed by atoms with Crippen molar-refractivity contribution in [3.63, 3.8) is 0 Å². The highest BCUT2D eigenvalue weighted by atomic mass is 32.2. The fourth-order valence-corrected chi connectivity index (χ4v) is 1.80. The van der Waals surface area contributed by atoms with E-state index in [4.69, 9.17) is 5.73 Å². The first kappa shape index (κ1) is 6.93. The maximum Gasteiger partial charge on any atom is 0.104 e. The number of hydrogen-bond donors (Lipinski definition) is 1. The van der Waals surface area contributed by atoms with Crippen LogP contribution < -0.4 is 5.73 Å². The Morgan fingerprint density at radius 1 is 1.89 bits per heavy atom. The van der Waals surface area contributed by atoms with Crippen LogP contribution in [0.25, 0.3) is 0 Å². The highest BCUT2D eigenvalue weighted by Crippen LogP contribution is 2.13. The van der Waals surface area contributed by atoms with E-state index < -0.39 is 0 Å². The second kappa shape index (κ2) is 3.11. The average Bonchev–Trinajstić information content (AvgIpc) is 1.88. The van der Waals surface area contributed by atoms with E-state index in [-0.39, 0.29) is 0 Å². The summed E-state index contributed by atoms with van der Waals surface area (Å²) in [5.41, 5.74) is 5.53. The van der Waals surface area contributed by atoms with Crippen LogP contribution in [0.2, 0.25) is 0 Å². The minimum atomic E-state index is 0.490. The highest BCUT2D eigenvalue weighted by molar-refractivity contribution is 8.00. The molecule has 1 aliphatic heterocycles. The molecule has 3 heteroatoms. The maximum atomic E-state index is 5.53. The van der Waals surface area contributed by atoms with Gasteiger partial charge >= 0.3 is 0 Å². The van der Waals surface area contributed by atoms with Crippen LogP contribution in [0.3, 0.4) is 0 Å². The normalized spacial score (nSPS) is 27.7. The third-order valence-corrected chi connectivity index (χ3v) is 2.50. The van der Waals surface area contributed by atoms with Gasteiger partial charge in [0.2, 0.25) is 0 Å². The molecule has 1 aliphatic rings. The molecule has 0 spiro atoms. The Kier molecular flexibility index (Phi) is 2.39. The van der Waals surface area contributed by atoms with Crippen molar-refractivity contribution in [1.29, 1.82) is 0 Å². The van der Waals surface area contributed by atoms with Gasteiger partial charge in [0, 0.05) is 5.75 Å². The minimum absolute atomic E-state index is 0.490. The quantitative estimate of drug-likeness (QED) is 0.593. The predicted molar refractivity (Wildman–Crippen MR) is 43.0 cm³/mol. The molecule has 1 atom stereocenters. The summed E-state index contributed by atoms with van der Waals surface area (Å²) >= 11 is 1.88. The molecule has 2 N–H and O–H groups in total. The second-order valence-electron chi connectivity index (χ2n) is 2.20. The van der Waals surface area contributed by atoms with Crippen molar-refractivity contribution in [3.05, 3.63) is 0 Å². The summed E-state index contributed by atoms with van der Waals surface area (Å²) in [5.74, 6) is 2.89. The van der Waals surface area contributed by atoms with Crippen LogP contribution in [0.15, 0.2) is 4.99 Å². The number of nitrogens with zero attached hydrogens (tertiary/aromatic N) is 1. The molecule has 0 bridgehead atoms. The van der Waals surface area contributed by atoms with Crippen LogP contribution in [-0.4, -0.2) is 23.4 Å². The van der Waals surface area contributed by atoms with Gasteiger partial charge in [0.25, 0.3) is 0 Å². The van der Waals surface area contributed by atoms with Crippen molar-refractivity contribution in [2.75, 3.05) is 11.5 Å². The Balaban J connectivity index is 2.47. The predicted octanol–water partition coefficient (Wildman–Crippen LogP) is 0.869. The summed E-state index contributed by atoms with van der Waals surface area (Å²) < 4.78 is 0. The van der Waals surface area contributed by atoms with Crippen LogP contribution >= 0.6 is 11.8 Å². The van der Waals surface area contributed by atoms with Gasteiger partial charge in [-0.2, -0.15) is 11.8 Å². The van der Waals surface area contributed by atoms with Gasteiger partial charge in [-0.15, -0.1) is 0 Å². The lowest BCUT2D eigenvalue weighted by atomic mass is 10.3. The monoisotopic (exact) mass is 144 g/mol. The van der Waals surface area contributed by atoms with E-state index in [0.29, 0.717) is 6.04 Å². The van der Waals surface area contributed by atoms with Crippen LogP contribution in [-0.2, 0) is 0 Å². The summed E-state index contributed by atoms with van der Waals surface area (Å²) in [6, 6.07) is 0.490. The second-order valence-corrected chi connectivity index (χ2v) is 3.23. The summed E-state index contributed by atoms with van der Waals surface area (Å²) in [7, 11) is 0. The SMILES string of the molecule is CCC1CSCC(N)=N1. The molecule has 2 nitrogen and oxygen atoms in total. The first-order valence-electron chi connectivity index (χ1n) is 3.22. The fraction of sp³-hybridized carbons (Fsp3) is 0.833. The first-order chi connectivity index (χ1) is 4.33. The summed E-state index contributed by atoms with van der Waals surface area (Å²) in [5, 5.41) is 0. The minimum Gasteiger partial charge on any atom is -0.387 e. The van der Waals surface area contributed by atoms with E-state index in [0.717, 1.165) is 23.8 Å². The smallest absolute Gasteiger partial charge is 0.104 e. The van der Waals surface area contributed by atoms with Crippen LogP contribution in [0, 0.1) is 0 Å². The number of nitrogens with two attached hydrogens (primary N) is 1. The molecule has 0 saturated heterocycles. The lowest BCUT2D eigenvalue weighted by Gasteiger charge is -2.15. The highest BCUT2D eigenvalue weighted by Gasteiger charge is 2.10. The van der Waals surface area contributed by atoms with E-state index in [1.807, 2.05) is 11.8 Å². The van der Waals surface area contributed by atoms with Gasteiger partial charge in [-0.1, -0.05) is 6.92 Å². The number of thioether (sulfide) groups is 1. The molecule has 0 saturated carbocycles. The number of amidine groups is 1. The zero-order chi connectivity index (χ0) is 6.69. The molecule has 52 valence electrons. The largest absolute Gasteiger partial charge is 0.387 e. The maximum absolute atomic E-state index is 5.53.